The smallest absolute Gasteiger partial charge is 0.276 e. The number of aromatic nitrogens is 2. The number of aromatic amines is 1. The van der Waals surface area contributed by atoms with Gasteiger partial charge < -0.3 is 9.47 Å². The predicted octanol–water partition coefficient (Wildman–Crippen LogP) is 2.09. The average Bonchev–Trinajstić information content (AvgIpc) is 2.72. The van der Waals surface area contributed by atoms with Gasteiger partial charge >= 0.3 is 0 Å². The van der Waals surface area contributed by atoms with Crippen LogP contribution in [-0.2, 0) is 0 Å². The Morgan fingerprint density at radius 3 is 2.40 bits per heavy atom. The van der Waals surface area contributed by atoms with Crippen LogP contribution in [0, 0.1) is 0 Å². The van der Waals surface area contributed by atoms with Crippen LogP contribution in [0.2, 0.25) is 0 Å². The van der Waals surface area contributed by atoms with Crippen LogP contribution in [0.1, 0.15) is 0 Å². The Bertz CT molecular complexity index is 437. The number of rotatable bonds is 3. The van der Waals surface area contributed by atoms with E-state index < -0.39 is 0 Å². The molecular formula is C11H12N2O2. The van der Waals surface area contributed by atoms with E-state index in [1.165, 1.54) is 0 Å². The lowest BCUT2D eigenvalue weighted by Gasteiger charge is -2.02. The van der Waals surface area contributed by atoms with Crippen LogP contribution in [0.5, 0.6) is 11.6 Å². The minimum Gasteiger partial charge on any atom is -0.490 e. The number of H-pyrrole nitrogens is 1. The van der Waals surface area contributed by atoms with Gasteiger partial charge in [-0.25, -0.2) is 0 Å². The van der Waals surface area contributed by atoms with Gasteiger partial charge in [-0.3, -0.25) is 5.10 Å². The maximum absolute atomic E-state index is 5.24. The summed E-state index contributed by atoms with van der Waals surface area (Å²) in [5, 5.41) is 6.90. The lowest BCUT2D eigenvalue weighted by atomic mass is 10.1. The van der Waals surface area contributed by atoms with Crippen molar-refractivity contribution in [3.8, 4) is 22.9 Å². The molecule has 2 rings (SSSR count). The first-order valence-electron chi connectivity index (χ1n) is 4.58. The molecule has 0 bridgehead atoms. The normalized spacial score (nSPS) is 10.0. The molecule has 0 aliphatic carbocycles. The molecule has 0 aliphatic heterocycles. The van der Waals surface area contributed by atoms with Crippen molar-refractivity contribution in [2.45, 2.75) is 0 Å². The predicted molar refractivity (Wildman–Crippen MR) is 57.1 cm³/mol. The summed E-state index contributed by atoms with van der Waals surface area (Å²) in [6, 6.07) is 9.85. The lowest BCUT2D eigenvalue weighted by Crippen LogP contribution is -1.88. The van der Waals surface area contributed by atoms with Crippen molar-refractivity contribution < 1.29 is 9.47 Å². The van der Waals surface area contributed by atoms with Crippen LogP contribution in [-0.4, -0.2) is 24.4 Å². The lowest BCUT2D eigenvalue weighted by molar-refractivity contribution is 0.348. The second-order valence-corrected chi connectivity index (χ2v) is 3.01. The second-order valence-electron chi connectivity index (χ2n) is 3.01. The summed E-state index contributed by atoms with van der Waals surface area (Å²) in [4.78, 5) is 0. The van der Waals surface area contributed by atoms with Gasteiger partial charge in [0.15, 0.2) is 0 Å². The first kappa shape index (κ1) is 9.58. The monoisotopic (exact) mass is 204 g/mol. The van der Waals surface area contributed by atoms with Crippen LogP contribution in [0.25, 0.3) is 11.3 Å². The van der Waals surface area contributed by atoms with Gasteiger partial charge in [0, 0.05) is 5.56 Å². The first-order valence-corrected chi connectivity index (χ1v) is 4.58. The molecule has 0 spiro atoms. The van der Waals surface area contributed by atoms with Crippen molar-refractivity contribution in [2.24, 2.45) is 0 Å². The summed E-state index contributed by atoms with van der Waals surface area (Å²) >= 11 is 0. The highest BCUT2D eigenvalue weighted by Gasteiger charge is 2.15. The van der Waals surface area contributed by atoms with Gasteiger partial charge in [0.1, 0.15) is 5.69 Å². The van der Waals surface area contributed by atoms with Crippen molar-refractivity contribution in [3.63, 3.8) is 0 Å². The fourth-order valence-electron chi connectivity index (χ4n) is 1.44. The largest absolute Gasteiger partial charge is 0.490 e. The molecule has 2 aromatic rings. The van der Waals surface area contributed by atoms with Gasteiger partial charge in [0.2, 0.25) is 5.75 Å². The average molecular weight is 204 g/mol. The molecular weight excluding hydrogens is 192 g/mol. The van der Waals surface area contributed by atoms with Gasteiger partial charge in [0.05, 0.1) is 14.2 Å². The zero-order chi connectivity index (χ0) is 10.7. The molecule has 15 heavy (non-hydrogen) atoms. The topological polar surface area (TPSA) is 47.1 Å². The van der Waals surface area contributed by atoms with Crippen LogP contribution < -0.4 is 9.47 Å². The van der Waals surface area contributed by atoms with E-state index in [4.69, 9.17) is 9.47 Å². The third kappa shape index (κ3) is 1.66. The maximum Gasteiger partial charge on any atom is 0.276 e. The fraction of sp³-hybridized carbons (Fsp3) is 0.182. The number of ether oxygens (including phenoxy) is 2. The van der Waals surface area contributed by atoms with E-state index in [0.29, 0.717) is 11.6 Å². The van der Waals surface area contributed by atoms with E-state index in [2.05, 4.69) is 10.2 Å². The van der Waals surface area contributed by atoms with Crippen molar-refractivity contribution in [1.29, 1.82) is 0 Å². The molecule has 0 saturated carbocycles. The highest BCUT2D eigenvalue weighted by atomic mass is 16.5. The van der Waals surface area contributed by atoms with Crippen LogP contribution in [0.3, 0.4) is 0 Å². The summed E-state index contributed by atoms with van der Waals surface area (Å²) in [5.74, 6) is 1.10. The minimum atomic E-state index is 0.469. The molecule has 1 N–H and O–H groups in total. The number of nitrogens with zero attached hydrogens (tertiary/aromatic N) is 1. The number of hydrogen-bond donors (Lipinski definition) is 1. The summed E-state index contributed by atoms with van der Waals surface area (Å²) in [6.45, 7) is 0. The van der Waals surface area contributed by atoms with Gasteiger partial charge in [-0.1, -0.05) is 30.3 Å². The molecule has 0 saturated heterocycles. The molecule has 0 atom stereocenters. The van der Waals surface area contributed by atoms with E-state index in [0.717, 1.165) is 11.3 Å². The molecule has 4 nitrogen and oxygen atoms in total. The SMILES string of the molecule is COc1n[nH]c(-c2ccccc2)c1OC. The van der Waals surface area contributed by atoms with Gasteiger partial charge in [-0.2, -0.15) is 0 Å². The Balaban J connectivity index is 2.49. The zero-order valence-electron chi connectivity index (χ0n) is 8.65. The molecule has 0 radical (unpaired) electrons. The van der Waals surface area contributed by atoms with Crippen LogP contribution in [0.4, 0.5) is 0 Å². The van der Waals surface area contributed by atoms with Crippen molar-refractivity contribution in [1.82, 2.24) is 10.2 Å². The fourth-order valence-corrected chi connectivity index (χ4v) is 1.44. The van der Waals surface area contributed by atoms with E-state index in [1.54, 1.807) is 14.2 Å². The van der Waals surface area contributed by atoms with E-state index >= 15 is 0 Å². The van der Waals surface area contributed by atoms with Crippen molar-refractivity contribution >= 4 is 0 Å². The molecule has 1 heterocycles. The minimum absolute atomic E-state index is 0.469. The van der Waals surface area contributed by atoms with E-state index in [-0.39, 0.29) is 0 Å². The quantitative estimate of drug-likeness (QED) is 0.832. The molecule has 0 amide bonds. The highest BCUT2D eigenvalue weighted by molar-refractivity contribution is 5.68. The number of methoxy groups -OCH3 is 2. The summed E-state index contributed by atoms with van der Waals surface area (Å²) in [6.07, 6.45) is 0. The first-order chi connectivity index (χ1) is 7.36. The number of benzene rings is 1. The van der Waals surface area contributed by atoms with Crippen LogP contribution >= 0.6 is 0 Å². The Kier molecular flexibility index (Phi) is 2.58. The zero-order valence-corrected chi connectivity index (χ0v) is 8.65. The maximum atomic E-state index is 5.24. The Morgan fingerprint density at radius 1 is 1.07 bits per heavy atom. The summed E-state index contributed by atoms with van der Waals surface area (Å²) in [7, 11) is 3.16. The van der Waals surface area contributed by atoms with Crippen molar-refractivity contribution in [2.75, 3.05) is 14.2 Å². The Hall–Kier alpha value is -1.97. The standard InChI is InChI=1S/C11H12N2O2/c1-14-10-9(12-13-11(10)15-2)8-6-4-3-5-7-8/h3-7H,1-2H3,(H,12,13). The molecule has 0 aliphatic rings. The number of nitrogens with one attached hydrogen (secondary N) is 1. The molecule has 0 fully saturated rings. The van der Waals surface area contributed by atoms with Crippen LogP contribution in [0.15, 0.2) is 30.3 Å². The summed E-state index contributed by atoms with van der Waals surface area (Å²) in [5.41, 5.74) is 1.85. The van der Waals surface area contributed by atoms with E-state index in [1.807, 2.05) is 30.3 Å². The number of hydrogen-bond acceptors (Lipinski definition) is 3. The van der Waals surface area contributed by atoms with Gasteiger partial charge in [0.25, 0.3) is 5.88 Å². The molecule has 0 unspecified atom stereocenters. The highest BCUT2D eigenvalue weighted by Crippen LogP contribution is 2.34. The molecule has 1 aromatic heterocycles. The Morgan fingerprint density at radius 2 is 1.80 bits per heavy atom. The molecule has 1 aromatic carbocycles. The molecule has 78 valence electrons. The third-order valence-electron chi connectivity index (χ3n) is 2.15. The van der Waals surface area contributed by atoms with Gasteiger partial charge in [-0.15, -0.1) is 5.10 Å². The third-order valence-corrected chi connectivity index (χ3v) is 2.15. The second kappa shape index (κ2) is 4.04. The molecule has 4 heteroatoms. The Labute approximate surface area is 87.8 Å². The van der Waals surface area contributed by atoms with E-state index in [9.17, 15) is 0 Å². The van der Waals surface area contributed by atoms with Crippen molar-refractivity contribution in [3.05, 3.63) is 30.3 Å². The van der Waals surface area contributed by atoms with Gasteiger partial charge in [-0.05, 0) is 0 Å². The summed E-state index contributed by atoms with van der Waals surface area (Å²) < 4.78 is 10.3.